The maximum atomic E-state index is 11.6. The summed E-state index contributed by atoms with van der Waals surface area (Å²) in [6, 6.07) is 0. The lowest BCUT2D eigenvalue weighted by molar-refractivity contribution is -0.130. The molecule has 0 aliphatic carbocycles. The fraction of sp³-hybridized carbons (Fsp3) is 0.556. The van der Waals surface area contributed by atoms with E-state index < -0.39 is 5.91 Å². The van der Waals surface area contributed by atoms with Gasteiger partial charge in [0, 0.05) is 25.7 Å². The number of nitrogens with one attached hydrogen (secondary N) is 1. The van der Waals surface area contributed by atoms with Crippen molar-refractivity contribution in [2.75, 3.05) is 26.7 Å². The number of carbonyl (C=O) groups is 2. The summed E-state index contributed by atoms with van der Waals surface area (Å²) in [5, 5.41) is 3.06. The van der Waals surface area contributed by atoms with Gasteiger partial charge in [0.2, 0.25) is 11.8 Å². The van der Waals surface area contributed by atoms with E-state index in [0.717, 1.165) is 18.7 Å². The SMILES string of the molecule is CC(C(=O)N(C)CC(N)=O)=C1CNC1. The third-order valence-electron chi connectivity index (χ3n) is 2.27. The third kappa shape index (κ3) is 2.32. The van der Waals surface area contributed by atoms with Crippen LogP contribution in [0, 0.1) is 0 Å². The Bertz CT molecular complexity index is 290. The number of amides is 2. The van der Waals surface area contributed by atoms with Crippen LogP contribution in [-0.4, -0.2) is 43.4 Å². The van der Waals surface area contributed by atoms with Crippen LogP contribution in [0.1, 0.15) is 6.92 Å². The predicted octanol–water partition coefficient (Wildman–Crippen LogP) is -1.15. The van der Waals surface area contributed by atoms with Gasteiger partial charge in [0.05, 0.1) is 6.54 Å². The van der Waals surface area contributed by atoms with Crippen molar-refractivity contribution in [1.82, 2.24) is 10.2 Å². The van der Waals surface area contributed by atoms with Crippen molar-refractivity contribution < 1.29 is 9.59 Å². The zero-order chi connectivity index (χ0) is 10.7. The normalized spacial score (nSPS) is 14.6. The molecule has 1 aliphatic rings. The molecule has 78 valence electrons. The monoisotopic (exact) mass is 197 g/mol. The van der Waals surface area contributed by atoms with Gasteiger partial charge in [-0.25, -0.2) is 0 Å². The molecule has 0 spiro atoms. The van der Waals surface area contributed by atoms with Crippen LogP contribution in [-0.2, 0) is 9.59 Å². The minimum absolute atomic E-state index is 0.0309. The molecule has 3 N–H and O–H groups in total. The summed E-state index contributed by atoms with van der Waals surface area (Å²) >= 11 is 0. The Kier molecular flexibility index (Phi) is 3.24. The number of primary amides is 1. The highest BCUT2D eigenvalue weighted by Crippen LogP contribution is 2.10. The molecular weight excluding hydrogens is 182 g/mol. The Labute approximate surface area is 82.9 Å². The van der Waals surface area contributed by atoms with Crippen LogP contribution in [0.3, 0.4) is 0 Å². The topological polar surface area (TPSA) is 75.4 Å². The Morgan fingerprint density at radius 1 is 1.50 bits per heavy atom. The van der Waals surface area contributed by atoms with Crippen molar-refractivity contribution in [2.24, 2.45) is 5.73 Å². The predicted molar refractivity (Wildman–Crippen MR) is 52.4 cm³/mol. The van der Waals surface area contributed by atoms with Crippen LogP contribution in [0.25, 0.3) is 0 Å². The lowest BCUT2D eigenvalue weighted by Crippen LogP contribution is -2.40. The van der Waals surface area contributed by atoms with Gasteiger partial charge in [-0.2, -0.15) is 0 Å². The number of hydrogen-bond acceptors (Lipinski definition) is 3. The number of nitrogens with zero attached hydrogens (tertiary/aromatic N) is 1. The molecule has 0 aromatic rings. The Morgan fingerprint density at radius 2 is 2.07 bits per heavy atom. The van der Waals surface area contributed by atoms with E-state index in [9.17, 15) is 9.59 Å². The minimum atomic E-state index is -0.495. The molecule has 2 amide bonds. The van der Waals surface area contributed by atoms with Crippen LogP contribution < -0.4 is 11.1 Å². The maximum Gasteiger partial charge on any atom is 0.249 e. The Balaban J connectivity index is 2.60. The molecule has 0 bridgehead atoms. The quantitative estimate of drug-likeness (QED) is 0.561. The molecule has 1 fully saturated rings. The van der Waals surface area contributed by atoms with Crippen molar-refractivity contribution in [3.63, 3.8) is 0 Å². The summed E-state index contributed by atoms with van der Waals surface area (Å²) < 4.78 is 0. The maximum absolute atomic E-state index is 11.6. The van der Waals surface area contributed by atoms with Crippen molar-refractivity contribution in [3.8, 4) is 0 Å². The molecule has 0 saturated carbocycles. The van der Waals surface area contributed by atoms with E-state index in [1.165, 1.54) is 4.90 Å². The smallest absolute Gasteiger partial charge is 0.249 e. The molecule has 1 aliphatic heterocycles. The second-order valence-corrected chi connectivity index (χ2v) is 3.46. The zero-order valence-corrected chi connectivity index (χ0v) is 8.46. The number of hydrogen-bond donors (Lipinski definition) is 2. The summed E-state index contributed by atoms with van der Waals surface area (Å²) in [4.78, 5) is 23.6. The van der Waals surface area contributed by atoms with Crippen LogP contribution in [0.15, 0.2) is 11.1 Å². The molecule has 1 heterocycles. The van der Waals surface area contributed by atoms with Gasteiger partial charge >= 0.3 is 0 Å². The number of rotatable bonds is 3. The highest BCUT2D eigenvalue weighted by molar-refractivity contribution is 5.95. The lowest BCUT2D eigenvalue weighted by Gasteiger charge is -2.24. The largest absolute Gasteiger partial charge is 0.368 e. The van der Waals surface area contributed by atoms with Crippen molar-refractivity contribution in [3.05, 3.63) is 11.1 Å². The van der Waals surface area contributed by atoms with Gasteiger partial charge in [-0.1, -0.05) is 0 Å². The average molecular weight is 197 g/mol. The zero-order valence-electron chi connectivity index (χ0n) is 8.46. The van der Waals surface area contributed by atoms with Gasteiger partial charge in [-0.3, -0.25) is 9.59 Å². The first-order valence-electron chi connectivity index (χ1n) is 4.45. The summed E-state index contributed by atoms with van der Waals surface area (Å²) in [5.41, 5.74) is 6.81. The third-order valence-corrected chi connectivity index (χ3v) is 2.27. The van der Waals surface area contributed by atoms with Crippen LogP contribution >= 0.6 is 0 Å². The molecule has 5 heteroatoms. The van der Waals surface area contributed by atoms with Crippen molar-refractivity contribution >= 4 is 11.8 Å². The molecule has 1 saturated heterocycles. The van der Waals surface area contributed by atoms with E-state index in [4.69, 9.17) is 5.73 Å². The first-order chi connectivity index (χ1) is 6.52. The van der Waals surface area contributed by atoms with E-state index in [-0.39, 0.29) is 12.5 Å². The minimum Gasteiger partial charge on any atom is -0.368 e. The van der Waals surface area contributed by atoms with E-state index in [1.807, 2.05) is 0 Å². The molecule has 0 atom stereocenters. The summed E-state index contributed by atoms with van der Waals surface area (Å²) in [7, 11) is 1.57. The van der Waals surface area contributed by atoms with Gasteiger partial charge < -0.3 is 16.0 Å². The molecule has 14 heavy (non-hydrogen) atoms. The molecule has 0 aromatic carbocycles. The second-order valence-electron chi connectivity index (χ2n) is 3.46. The van der Waals surface area contributed by atoms with Gasteiger partial charge in [0.15, 0.2) is 0 Å². The van der Waals surface area contributed by atoms with E-state index in [1.54, 1.807) is 14.0 Å². The van der Waals surface area contributed by atoms with Gasteiger partial charge in [0.1, 0.15) is 0 Å². The standard InChI is InChI=1S/C9H15N3O2/c1-6(7-3-11-4-7)9(14)12(2)5-8(10)13/h11H,3-5H2,1-2H3,(H2,10,13). The van der Waals surface area contributed by atoms with E-state index >= 15 is 0 Å². The first kappa shape index (κ1) is 10.7. The van der Waals surface area contributed by atoms with Crippen molar-refractivity contribution in [1.29, 1.82) is 0 Å². The van der Waals surface area contributed by atoms with E-state index in [0.29, 0.717) is 5.57 Å². The molecule has 0 unspecified atom stereocenters. The molecule has 1 rings (SSSR count). The molecule has 5 nitrogen and oxygen atoms in total. The van der Waals surface area contributed by atoms with Gasteiger partial charge in [0.25, 0.3) is 0 Å². The van der Waals surface area contributed by atoms with Crippen LogP contribution in [0.4, 0.5) is 0 Å². The Morgan fingerprint density at radius 3 is 2.43 bits per heavy atom. The molecule has 0 radical (unpaired) electrons. The van der Waals surface area contributed by atoms with Gasteiger partial charge in [-0.15, -0.1) is 0 Å². The Hall–Kier alpha value is -1.36. The van der Waals surface area contributed by atoms with E-state index in [2.05, 4.69) is 5.32 Å². The fourth-order valence-corrected chi connectivity index (χ4v) is 1.26. The summed E-state index contributed by atoms with van der Waals surface area (Å²) in [6.07, 6.45) is 0. The van der Waals surface area contributed by atoms with Crippen LogP contribution in [0.2, 0.25) is 0 Å². The first-order valence-corrected chi connectivity index (χ1v) is 4.45. The number of likely N-dealkylation sites (N-methyl/N-ethyl adjacent to an activating group) is 1. The fourth-order valence-electron chi connectivity index (χ4n) is 1.26. The summed E-state index contributed by atoms with van der Waals surface area (Å²) in [5.74, 6) is -0.620. The number of carbonyl (C=O) groups excluding carboxylic acids is 2. The highest BCUT2D eigenvalue weighted by Gasteiger charge is 2.19. The lowest BCUT2D eigenvalue weighted by atomic mass is 10.0. The van der Waals surface area contributed by atoms with Gasteiger partial charge in [-0.05, 0) is 12.5 Å². The molecule has 0 aromatic heterocycles. The number of nitrogens with two attached hydrogens (primary N) is 1. The van der Waals surface area contributed by atoms with Crippen molar-refractivity contribution in [2.45, 2.75) is 6.92 Å². The second kappa shape index (κ2) is 4.23. The van der Waals surface area contributed by atoms with Crippen LogP contribution in [0.5, 0.6) is 0 Å². The molecular formula is C9H15N3O2. The summed E-state index contributed by atoms with van der Waals surface area (Å²) in [6.45, 7) is 3.27. The highest BCUT2D eigenvalue weighted by atomic mass is 16.2. The average Bonchev–Trinajstić information content (AvgIpc) is 1.98.